The molecule has 0 fully saturated rings. The van der Waals surface area contributed by atoms with E-state index >= 15 is 0 Å². The number of phenolic OH excluding ortho intramolecular Hbond substituents is 1. The average Bonchev–Trinajstić information content (AvgIpc) is 2.75. The summed E-state index contributed by atoms with van der Waals surface area (Å²) in [6.07, 6.45) is 3.85. The summed E-state index contributed by atoms with van der Waals surface area (Å²) >= 11 is 0. The van der Waals surface area contributed by atoms with Crippen molar-refractivity contribution < 1.29 is 5.11 Å². The molecule has 1 aromatic carbocycles. The van der Waals surface area contributed by atoms with Gasteiger partial charge in [0.2, 0.25) is 0 Å². The first-order valence-electron chi connectivity index (χ1n) is 6.61. The van der Waals surface area contributed by atoms with Gasteiger partial charge in [0.25, 0.3) is 0 Å². The maximum absolute atomic E-state index is 9.39. The molecule has 19 heavy (non-hydrogen) atoms. The Morgan fingerprint density at radius 2 is 2.26 bits per heavy atom. The summed E-state index contributed by atoms with van der Waals surface area (Å²) in [5.74, 6) is 1.91. The second-order valence-corrected chi connectivity index (χ2v) is 5.03. The van der Waals surface area contributed by atoms with Crippen molar-refractivity contribution in [1.82, 2.24) is 14.9 Å². The van der Waals surface area contributed by atoms with Gasteiger partial charge in [-0.25, -0.2) is 4.98 Å². The average molecular weight is 259 g/mol. The molecular formula is C15H21N3O. The highest BCUT2D eigenvalue weighted by Crippen LogP contribution is 2.10. The van der Waals surface area contributed by atoms with Gasteiger partial charge in [-0.15, -0.1) is 0 Å². The molecule has 1 atom stereocenters. The van der Waals surface area contributed by atoms with Crippen LogP contribution in [-0.2, 0) is 13.1 Å². The van der Waals surface area contributed by atoms with Gasteiger partial charge in [-0.1, -0.05) is 19.1 Å². The fourth-order valence-electron chi connectivity index (χ4n) is 2.13. The van der Waals surface area contributed by atoms with Crippen LogP contribution < -0.4 is 5.32 Å². The van der Waals surface area contributed by atoms with Gasteiger partial charge in [0.15, 0.2) is 0 Å². The monoisotopic (exact) mass is 259 g/mol. The number of hydrogen-bond acceptors (Lipinski definition) is 3. The third kappa shape index (κ3) is 4.10. The van der Waals surface area contributed by atoms with Crippen molar-refractivity contribution in [2.45, 2.75) is 26.9 Å². The number of aryl methyl sites for hydroxylation is 1. The largest absolute Gasteiger partial charge is 0.508 e. The molecule has 4 heteroatoms. The number of benzene rings is 1. The van der Waals surface area contributed by atoms with Crippen LogP contribution in [0, 0.1) is 12.8 Å². The standard InChI is InChI=1S/C15H21N3O/c1-12(11-18-7-6-17-13(18)2)9-16-10-14-4-3-5-15(19)8-14/h3-8,12,16,19H,9-11H2,1-2H3. The molecule has 1 heterocycles. The SMILES string of the molecule is Cc1nccn1CC(C)CNCc1cccc(O)c1. The van der Waals surface area contributed by atoms with Crippen molar-refractivity contribution in [2.24, 2.45) is 5.92 Å². The summed E-state index contributed by atoms with van der Waals surface area (Å²) in [4.78, 5) is 4.22. The van der Waals surface area contributed by atoms with E-state index in [1.54, 1.807) is 12.1 Å². The molecule has 0 amide bonds. The number of phenols is 1. The van der Waals surface area contributed by atoms with E-state index in [0.29, 0.717) is 11.7 Å². The minimum atomic E-state index is 0.321. The second-order valence-electron chi connectivity index (χ2n) is 5.03. The Hall–Kier alpha value is -1.81. The lowest BCUT2D eigenvalue weighted by atomic mass is 10.1. The first-order valence-corrected chi connectivity index (χ1v) is 6.61. The van der Waals surface area contributed by atoms with E-state index < -0.39 is 0 Å². The van der Waals surface area contributed by atoms with Gasteiger partial charge in [0.1, 0.15) is 11.6 Å². The lowest BCUT2D eigenvalue weighted by Gasteiger charge is -2.14. The van der Waals surface area contributed by atoms with Crippen molar-refractivity contribution in [3.05, 3.63) is 48.0 Å². The van der Waals surface area contributed by atoms with Crippen molar-refractivity contribution in [3.8, 4) is 5.75 Å². The zero-order valence-corrected chi connectivity index (χ0v) is 11.5. The number of nitrogens with one attached hydrogen (secondary N) is 1. The molecular weight excluding hydrogens is 238 g/mol. The van der Waals surface area contributed by atoms with Crippen LogP contribution in [0.1, 0.15) is 18.3 Å². The van der Waals surface area contributed by atoms with E-state index in [4.69, 9.17) is 0 Å². The highest BCUT2D eigenvalue weighted by molar-refractivity contribution is 5.26. The zero-order valence-electron chi connectivity index (χ0n) is 11.5. The molecule has 0 spiro atoms. The molecule has 0 aliphatic carbocycles. The minimum Gasteiger partial charge on any atom is -0.508 e. The molecule has 102 valence electrons. The molecule has 4 nitrogen and oxygen atoms in total. The number of rotatable bonds is 6. The summed E-state index contributed by atoms with van der Waals surface area (Å²) in [7, 11) is 0. The highest BCUT2D eigenvalue weighted by Gasteiger charge is 2.05. The fraction of sp³-hybridized carbons (Fsp3) is 0.400. The number of hydrogen-bond donors (Lipinski definition) is 2. The molecule has 2 N–H and O–H groups in total. The summed E-state index contributed by atoms with van der Waals surface area (Å²) in [6, 6.07) is 7.35. The van der Waals surface area contributed by atoms with Gasteiger partial charge in [0, 0.05) is 25.5 Å². The maximum atomic E-state index is 9.39. The number of aromatic nitrogens is 2. The van der Waals surface area contributed by atoms with Crippen molar-refractivity contribution in [2.75, 3.05) is 6.54 Å². The predicted octanol–water partition coefficient (Wildman–Crippen LogP) is 2.32. The van der Waals surface area contributed by atoms with Gasteiger partial charge in [-0.05, 0) is 37.1 Å². The van der Waals surface area contributed by atoms with E-state index in [-0.39, 0.29) is 0 Å². The normalized spacial score (nSPS) is 12.5. The maximum Gasteiger partial charge on any atom is 0.115 e. The topological polar surface area (TPSA) is 50.1 Å². The van der Waals surface area contributed by atoms with Gasteiger partial charge in [0.05, 0.1) is 0 Å². The summed E-state index contributed by atoms with van der Waals surface area (Å²) < 4.78 is 2.17. The smallest absolute Gasteiger partial charge is 0.115 e. The van der Waals surface area contributed by atoms with E-state index in [1.807, 2.05) is 31.5 Å². The highest BCUT2D eigenvalue weighted by atomic mass is 16.3. The molecule has 0 saturated carbocycles. The van der Waals surface area contributed by atoms with Crippen molar-refractivity contribution in [3.63, 3.8) is 0 Å². The van der Waals surface area contributed by atoms with Crippen LogP contribution in [0.25, 0.3) is 0 Å². The summed E-state index contributed by atoms with van der Waals surface area (Å²) in [5, 5.41) is 12.8. The molecule has 0 aliphatic rings. The second kappa shape index (κ2) is 6.38. The van der Waals surface area contributed by atoms with E-state index in [9.17, 15) is 5.11 Å². The molecule has 2 aromatic rings. The third-order valence-corrected chi connectivity index (χ3v) is 3.16. The molecule has 1 aromatic heterocycles. The first kappa shape index (κ1) is 13.6. The Bertz CT molecular complexity index is 522. The summed E-state index contributed by atoms with van der Waals surface area (Å²) in [5.41, 5.74) is 1.10. The fourth-order valence-corrected chi connectivity index (χ4v) is 2.13. The molecule has 0 bridgehead atoms. The van der Waals surface area contributed by atoms with Gasteiger partial charge in [-0.3, -0.25) is 0 Å². The van der Waals surface area contributed by atoms with Gasteiger partial charge >= 0.3 is 0 Å². The molecule has 0 saturated heterocycles. The Morgan fingerprint density at radius 1 is 1.42 bits per heavy atom. The van der Waals surface area contributed by atoms with E-state index in [2.05, 4.69) is 21.8 Å². The Kier molecular flexibility index (Phi) is 4.58. The van der Waals surface area contributed by atoms with Crippen LogP contribution in [0.5, 0.6) is 5.75 Å². The van der Waals surface area contributed by atoms with E-state index in [0.717, 1.165) is 31.0 Å². The summed E-state index contributed by atoms with van der Waals surface area (Å²) in [6.45, 7) is 6.93. The van der Waals surface area contributed by atoms with Crippen LogP contribution >= 0.6 is 0 Å². The van der Waals surface area contributed by atoms with Crippen LogP contribution in [0.2, 0.25) is 0 Å². The van der Waals surface area contributed by atoms with Gasteiger partial charge in [-0.2, -0.15) is 0 Å². The molecule has 1 unspecified atom stereocenters. The molecule has 2 rings (SSSR count). The van der Waals surface area contributed by atoms with Crippen LogP contribution in [-0.4, -0.2) is 21.2 Å². The van der Waals surface area contributed by atoms with Crippen molar-refractivity contribution >= 4 is 0 Å². The molecule has 0 aliphatic heterocycles. The van der Waals surface area contributed by atoms with Gasteiger partial charge < -0.3 is 15.0 Å². The Balaban J connectivity index is 1.75. The van der Waals surface area contributed by atoms with Crippen LogP contribution in [0.15, 0.2) is 36.7 Å². The lowest BCUT2D eigenvalue weighted by Crippen LogP contribution is -2.24. The number of nitrogens with zero attached hydrogens (tertiary/aromatic N) is 2. The Morgan fingerprint density at radius 3 is 2.95 bits per heavy atom. The minimum absolute atomic E-state index is 0.321. The Labute approximate surface area is 114 Å². The third-order valence-electron chi connectivity index (χ3n) is 3.16. The number of aromatic hydroxyl groups is 1. The van der Waals surface area contributed by atoms with Crippen LogP contribution in [0.4, 0.5) is 0 Å². The quantitative estimate of drug-likeness (QED) is 0.837. The van der Waals surface area contributed by atoms with E-state index in [1.165, 1.54) is 0 Å². The predicted molar refractivity (Wildman–Crippen MR) is 75.9 cm³/mol. The van der Waals surface area contributed by atoms with Crippen LogP contribution in [0.3, 0.4) is 0 Å². The molecule has 0 radical (unpaired) electrons. The number of imidazole rings is 1. The van der Waals surface area contributed by atoms with Crippen molar-refractivity contribution in [1.29, 1.82) is 0 Å². The zero-order chi connectivity index (χ0) is 13.7. The lowest BCUT2D eigenvalue weighted by molar-refractivity contribution is 0.439. The first-order chi connectivity index (χ1) is 9.15.